The molecule has 0 aliphatic carbocycles. The van der Waals surface area contributed by atoms with Gasteiger partial charge in [0.25, 0.3) is 8.53 Å². The second-order valence-electron chi connectivity index (χ2n) is 6.62. The van der Waals surface area contributed by atoms with Crippen molar-refractivity contribution in [3.63, 3.8) is 0 Å². The molecule has 2 aromatic rings. The van der Waals surface area contributed by atoms with E-state index in [1.807, 2.05) is 0 Å². The van der Waals surface area contributed by atoms with Crippen LogP contribution in [-0.2, 0) is 15.5 Å². The summed E-state index contributed by atoms with van der Waals surface area (Å²) in [5.74, 6) is 0. The van der Waals surface area contributed by atoms with Crippen LogP contribution < -0.4 is 0 Å². The van der Waals surface area contributed by atoms with Gasteiger partial charge in [-0.25, -0.2) is 0 Å². The van der Waals surface area contributed by atoms with Gasteiger partial charge < -0.3 is 13.9 Å². The van der Waals surface area contributed by atoms with Crippen molar-refractivity contribution in [3.05, 3.63) is 36.0 Å². The van der Waals surface area contributed by atoms with Crippen molar-refractivity contribution >= 4 is 19.4 Å². The topological polar surface area (TPSA) is 26.6 Å². The molecule has 1 heterocycles. The first-order valence-corrected chi connectivity index (χ1v) is 9.39. The molecule has 0 spiro atoms. The quantitative estimate of drug-likeness (QED) is 0.655. The maximum absolute atomic E-state index is 6.09. The molecule has 0 N–H and O–H groups in total. The lowest BCUT2D eigenvalue weighted by Crippen LogP contribution is -2.14. The molecule has 0 unspecified atom stereocenters. The first-order valence-electron chi connectivity index (χ1n) is 8.26. The molecule has 0 bridgehead atoms. The number of likely N-dealkylation sites (N-methyl/N-ethyl adjacent to an activating group) is 1. The second-order valence-corrected chi connectivity index (χ2v) is 7.94. The number of rotatable bonds is 8. The summed E-state index contributed by atoms with van der Waals surface area (Å²) < 4.78 is 14.4. The average molecular weight is 336 g/mol. The van der Waals surface area contributed by atoms with E-state index in [0.717, 1.165) is 13.0 Å². The SMILES string of the molecule is CC(C)OP(OC(C)C)n1cc(CCN(C)C)c2ccccc21. The van der Waals surface area contributed by atoms with Crippen LogP contribution in [0.3, 0.4) is 0 Å². The molecule has 2 rings (SSSR count). The molecule has 0 aliphatic rings. The van der Waals surface area contributed by atoms with Crippen LogP contribution in [0.5, 0.6) is 0 Å². The number of fused-ring (bicyclic) bond motifs is 1. The van der Waals surface area contributed by atoms with Gasteiger partial charge >= 0.3 is 0 Å². The summed E-state index contributed by atoms with van der Waals surface area (Å²) in [4.78, 5) is 2.21. The molecule has 4 nitrogen and oxygen atoms in total. The smallest absolute Gasteiger partial charge is 0.294 e. The number of benzene rings is 1. The second kappa shape index (κ2) is 8.25. The lowest BCUT2D eigenvalue weighted by molar-refractivity contribution is 0.173. The molecule has 0 aliphatic heterocycles. The molecule has 5 heteroatoms. The maximum atomic E-state index is 6.09. The fourth-order valence-corrected chi connectivity index (χ4v) is 3.96. The van der Waals surface area contributed by atoms with E-state index in [9.17, 15) is 0 Å². The summed E-state index contributed by atoms with van der Waals surface area (Å²) in [6.45, 7) is 9.24. The molecular formula is C18H29N2O2P. The Kier molecular flexibility index (Phi) is 6.60. The number of hydrogen-bond donors (Lipinski definition) is 0. The van der Waals surface area contributed by atoms with Crippen molar-refractivity contribution < 1.29 is 9.05 Å². The van der Waals surface area contributed by atoms with Crippen molar-refractivity contribution in [1.82, 2.24) is 9.24 Å². The molecule has 0 amide bonds. The summed E-state index contributed by atoms with van der Waals surface area (Å²) in [5.41, 5.74) is 2.54. The number of aromatic nitrogens is 1. The Bertz CT molecular complexity index is 613. The highest BCUT2D eigenvalue weighted by atomic mass is 31.2. The van der Waals surface area contributed by atoms with Gasteiger partial charge in [0.2, 0.25) is 0 Å². The Morgan fingerprint density at radius 1 is 1.04 bits per heavy atom. The van der Waals surface area contributed by atoms with Crippen LogP contribution in [0.1, 0.15) is 33.3 Å². The third kappa shape index (κ3) is 5.02. The summed E-state index contributed by atoms with van der Waals surface area (Å²) in [5, 5.41) is 1.29. The standard InChI is InChI=1S/C18H29N2O2P/c1-14(2)21-23(22-15(3)4)20-13-16(11-12-19(5)6)17-9-7-8-10-18(17)20/h7-10,13-15H,11-12H2,1-6H3. The normalized spacial score (nSPS) is 12.4. The number of nitrogens with zero attached hydrogens (tertiary/aromatic N) is 2. The van der Waals surface area contributed by atoms with Gasteiger partial charge in [0.15, 0.2) is 0 Å². The Morgan fingerprint density at radius 2 is 1.65 bits per heavy atom. The van der Waals surface area contributed by atoms with E-state index in [-0.39, 0.29) is 12.2 Å². The van der Waals surface area contributed by atoms with E-state index >= 15 is 0 Å². The lowest BCUT2D eigenvalue weighted by Gasteiger charge is -2.23. The first kappa shape index (κ1) is 18.4. The highest BCUT2D eigenvalue weighted by Gasteiger charge is 2.21. The van der Waals surface area contributed by atoms with Crippen LogP contribution in [0.15, 0.2) is 30.5 Å². The third-order valence-electron chi connectivity index (χ3n) is 3.38. The maximum Gasteiger partial charge on any atom is 0.294 e. The van der Waals surface area contributed by atoms with E-state index in [2.05, 4.69) is 81.5 Å². The minimum atomic E-state index is -1.14. The monoisotopic (exact) mass is 336 g/mol. The predicted octanol–water partition coefficient (Wildman–Crippen LogP) is 4.67. The zero-order chi connectivity index (χ0) is 17.0. The summed E-state index contributed by atoms with van der Waals surface area (Å²) >= 11 is 0. The average Bonchev–Trinajstić information content (AvgIpc) is 2.82. The van der Waals surface area contributed by atoms with Crippen molar-refractivity contribution in [2.45, 2.75) is 46.3 Å². The molecule has 128 valence electrons. The van der Waals surface area contributed by atoms with E-state index < -0.39 is 8.53 Å². The van der Waals surface area contributed by atoms with Crippen LogP contribution in [-0.4, -0.2) is 42.1 Å². The van der Waals surface area contributed by atoms with Gasteiger partial charge in [0, 0.05) is 18.1 Å². The molecule has 0 fully saturated rings. The van der Waals surface area contributed by atoms with Gasteiger partial charge in [-0.3, -0.25) is 4.34 Å². The Morgan fingerprint density at radius 3 is 2.22 bits per heavy atom. The zero-order valence-electron chi connectivity index (χ0n) is 15.1. The highest BCUT2D eigenvalue weighted by molar-refractivity contribution is 7.45. The zero-order valence-corrected chi connectivity index (χ0v) is 16.0. The predicted molar refractivity (Wildman–Crippen MR) is 99.0 cm³/mol. The molecular weight excluding hydrogens is 307 g/mol. The molecule has 0 atom stereocenters. The van der Waals surface area contributed by atoms with Crippen molar-refractivity contribution in [3.8, 4) is 0 Å². The van der Waals surface area contributed by atoms with Gasteiger partial charge in [-0.15, -0.1) is 0 Å². The number of hydrogen-bond acceptors (Lipinski definition) is 3. The van der Waals surface area contributed by atoms with Crippen LogP contribution in [0.4, 0.5) is 0 Å². The van der Waals surface area contributed by atoms with Gasteiger partial charge in [-0.2, -0.15) is 0 Å². The lowest BCUT2D eigenvalue weighted by atomic mass is 10.1. The van der Waals surface area contributed by atoms with Crippen LogP contribution in [0, 0.1) is 0 Å². The summed E-state index contributed by atoms with van der Waals surface area (Å²) in [6.07, 6.45) is 3.50. The van der Waals surface area contributed by atoms with E-state index in [4.69, 9.17) is 9.05 Å². The van der Waals surface area contributed by atoms with Gasteiger partial charge in [0.05, 0.1) is 17.7 Å². The van der Waals surface area contributed by atoms with E-state index in [1.165, 1.54) is 16.5 Å². The highest BCUT2D eigenvalue weighted by Crippen LogP contribution is 2.46. The molecule has 23 heavy (non-hydrogen) atoms. The minimum absolute atomic E-state index is 0.131. The first-order chi connectivity index (χ1) is 10.9. The molecule has 0 saturated heterocycles. The summed E-state index contributed by atoms with van der Waals surface area (Å²) in [6, 6.07) is 8.51. The number of para-hydroxylation sites is 1. The van der Waals surface area contributed by atoms with Gasteiger partial charge in [-0.1, -0.05) is 18.2 Å². The third-order valence-corrected chi connectivity index (χ3v) is 5.27. The van der Waals surface area contributed by atoms with Crippen LogP contribution in [0.25, 0.3) is 10.9 Å². The van der Waals surface area contributed by atoms with Crippen LogP contribution in [0.2, 0.25) is 0 Å². The largest absolute Gasteiger partial charge is 0.314 e. The summed E-state index contributed by atoms with van der Waals surface area (Å²) in [7, 11) is 3.08. The Balaban J connectivity index is 2.40. The van der Waals surface area contributed by atoms with E-state index in [0.29, 0.717) is 0 Å². The minimum Gasteiger partial charge on any atom is -0.314 e. The van der Waals surface area contributed by atoms with Gasteiger partial charge in [0.1, 0.15) is 0 Å². The fourth-order valence-electron chi connectivity index (χ4n) is 2.40. The Hall–Kier alpha value is -0.930. The van der Waals surface area contributed by atoms with Crippen LogP contribution >= 0.6 is 8.53 Å². The molecule has 0 saturated carbocycles. The molecule has 0 radical (unpaired) electrons. The van der Waals surface area contributed by atoms with E-state index in [1.54, 1.807) is 0 Å². The Labute approximate surface area is 141 Å². The van der Waals surface area contributed by atoms with Crippen molar-refractivity contribution in [2.24, 2.45) is 0 Å². The van der Waals surface area contributed by atoms with Gasteiger partial charge in [-0.05, 0) is 59.8 Å². The molecule has 1 aromatic carbocycles. The van der Waals surface area contributed by atoms with Crippen molar-refractivity contribution in [2.75, 3.05) is 20.6 Å². The fraction of sp³-hybridized carbons (Fsp3) is 0.556. The van der Waals surface area contributed by atoms with Crippen molar-refractivity contribution in [1.29, 1.82) is 0 Å². The molecule has 1 aromatic heterocycles.